The number of carbonyl (C=O) groups is 2. The molecule has 0 saturated carbocycles. The van der Waals surface area contributed by atoms with E-state index in [1.807, 2.05) is 26.0 Å². The third-order valence-electron chi connectivity index (χ3n) is 5.50. The molecule has 176 valence electrons. The van der Waals surface area contributed by atoms with Crippen molar-refractivity contribution in [1.82, 2.24) is 0 Å². The largest absolute Gasteiger partial charge is 0.481 e. The quantitative estimate of drug-likeness (QED) is 0.413. The molecule has 0 fully saturated rings. The van der Waals surface area contributed by atoms with Gasteiger partial charge in [0.05, 0.1) is 30.1 Å². The van der Waals surface area contributed by atoms with Crippen LogP contribution in [0.2, 0.25) is 0 Å². The second-order valence-corrected chi connectivity index (χ2v) is 11.2. The van der Waals surface area contributed by atoms with Crippen LogP contribution >= 0.6 is 0 Å². The highest BCUT2D eigenvalue weighted by Crippen LogP contribution is 2.34. The first-order chi connectivity index (χ1) is 14.3. The number of hydrogen-bond acceptors (Lipinski definition) is 6. The lowest BCUT2D eigenvalue weighted by Gasteiger charge is -2.29. The minimum atomic E-state index is -3.35. The van der Waals surface area contributed by atoms with Crippen LogP contribution in [0.3, 0.4) is 0 Å². The van der Waals surface area contributed by atoms with E-state index in [1.54, 1.807) is 26.0 Å². The number of hydrogen-bond donors (Lipinski definition) is 2. The van der Waals surface area contributed by atoms with Crippen LogP contribution in [0.25, 0.3) is 0 Å². The second kappa shape index (κ2) is 11.6. The number of esters is 1. The van der Waals surface area contributed by atoms with Crippen LogP contribution in [-0.4, -0.2) is 55.3 Å². The summed E-state index contributed by atoms with van der Waals surface area (Å²) in [6.07, 6.45) is 2.14. The van der Waals surface area contributed by atoms with Crippen molar-refractivity contribution in [1.29, 1.82) is 0 Å². The zero-order valence-electron chi connectivity index (χ0n) is 19.0. The topological polar surface area (TPSA) is 118 Å². The summed E-state index contributed by atoms with van der Waals surface area (Å²) in [5.74, 6) is -1.54. The van der Waals surface area contributed by atoms with Gasteiger partial charge in [0, 0.05) is 6.42 Å². The van der Waals surface area contributed by atoms with E-state index in [0.29, 0.717) is 37.9 Å². The summed E-state index contributed by atoms with van der Waals surface area (Å²) in [6.45, 7) is 7.04. The number of aliphatic carboxylic acids is 1. The number of carboxylic acid groups (broad SMARTS) is 1. The predicted octanol–water partition coefficient (Wildman–Crippen LogP) is 3.13. The van der Waals surface area contributed by atoms with Gasteiger partial charge in [0.15, 0.2) is 9.84 Å². The summed E-state index contributed by atoms with van der Waals surface area (Å²) >= 11 is 0. The molecule has 0 heterocycles. The monoisotopic (exact) mass is 456 g/mol. The fourth-order valence-electron chi connectivity index (χ4n) is 3.72. The molecule has 0 aromatic heterocycles. The number of aliphatic hydroxyl groups excluding tert-OH is 1. The molecule has 1 aromatic carbocycles. The highest BCUT2D eigenvalue weighted by molar-refractivity contribution is 7.91. The Morgan fingerprint density at radius 1 is 1.13 bits per heavy atom. The van der Waals surface area contributed by atoms with Gasteiger partial charge in [-0.1, -0.05) is 44.5 Å². The van der Waals surface area contributed by atoms with Gasteiger partial charge in [0.2, 0.25) is 0 Å². The number of aliphatic hydroxyl groups is 1. The minimum absolute atomic E-state index is 0.0479. The maximum Gasteiger partial charge on any atom is 0.313 e. The molecule has 0 amide bonds. The van der Waals surface area contributed by atoms with Crippen molar-refractivity contribution in [3.05, 3.63) is 35.4 Å². The van der Waals surface area contributed by atoms with E-state index < -0.39 is 33.2 Å². The van der Waals surface area contributed by atoms with Crippen molar-refractivity contribution in [2.75, 3.05) is 24.7 Å². The highest BCUT2D eigenvalue weighted by Gasteiger charge is 2.36. The summed E-state index contributed by atoms with van der Waals surface area (Å²) in [5.41, 5.74) is -0.116. The molecule has 0 saturated heterocycles. The van der Waals surface area contributed by atoms with Crippen molar-refractivity contribution in [3.63, 3.8) is 0 Å². The number of aryl methyl sites for hydroxylation is 1. The number of ether oxygens (including phenoxy) is 1. The second-order valence-electron chi connectivity index (χ2n) is 8.98. The Kier molecular flexibility index (Phi) is 10.2. The first kappa shape index (κ1) is 27.1. The van der Waals surface area contributed by atoms with Crippen molar-refractivity contribution in [2.24, 2.45) is 5.41 Å². The molecule has 0 aliphatic heterocycles. The lowest BCUT2D eigenvalue weighted by atomic mass is 9.76. The molecular formula is C23H36O7S. The molecule has 2 N–H and O–H groups in total. The summed E-state index contributed by atoms with van der Waals surface area (Å²) in [6, 6.07) is 7.26. The van der Waals surface area contributed by atoms with E-state index in [4.69, 9.17) is 9.84 Å². The Hall–Kier alpha value is -1.93. The van der Waals surface area contributed by atoms with Crippen LogP contribution in [0, 0.1) is 5.41 Å². The Labute approximate surface area is 185 Å². The zero-order valence-corrected chi connectivity index (χ0v) is 19.8. The van der Waals surface area contributed by atoms with E-state index in [2.05, 4.69) is 0 Å². The standard InChI is InChI=1S/C23H36O7S/c1-5-30-20(25)11-10-18-8-6-9-19(16-18)23(4,21(26)27)13-7-12-22(2,3)17-31(28,29)15-14-24/h6,8-9,16,24H,5,7,10-15,17H2,1-4H3,(H,26,27). The van der Waals surface area contributed by atoms with E-state index in [-0.39, 0.29) is 23.9 Å². The molecule has 0 radical (unpaired) electrons. The Bertz CT molecular complexity index is 845. The molecule has 1 rings (SSSR count). The average molecular weight is 457 g/mol. The van der Waals surface area contributed by atoms with Crippen LogP contribution in [0.4, 0.5) is 0 Å². The molecule has 7 nitrogen and oxygen atoms in total. The summed E-state index contributed by atoms with van der Waals surface area (Å²) in [7, 11) is -3.35. The van der Waals surface area contributed by atoms with Crippen molar-refractivity contribution in [2.45, 2.75) is 65.2 Å². The highest BCUT2D eigenvalue weighted by atomic mass is 32.2. The van der Waals surface area contributed by atoms with Crippen LogP contribution in [0.1, 0.15) is 64.5 Å². The molecule has 0 aliphatic carbocycles. The van der Waals surface area contributed by atoms with Gasteiger partial charge >= 0.3 is 11.9 Å². The first-order valence-electron chi connectivity index (χ1n) is 10.6. The van der Waals surface area contributed by atoms with Gasteiger partial charge in [0.25, 0.3) is 0 Å². The van der Waals surface area contributed by atoms with E-state index >= 15 is 0 Å². The normalized spacial score (nSPS) is 14.1. The lowest BCUT2D eigenvalue weighted by Crippen LogP contribution is -2.33. The molecule has 1 aromatic rings. The summed E-state index contributed by atoms with van der Waals surface area (Å²) in [4.78, 5) is 23.8. The van der Waals surface area contributed by atoms with Crippen LogP contribution in [-0.2, 0) is 36.0 Å². The van der Waals surface area contributed by atoms with Gasteiger partial charge in [-0.15, -0.1) is 0 Å². The van der Waals surface area contributed by atoms with Crippen LogP contribution < -0.4 is 0 Å². The van der Waals surface area contributed by atoms with Crippen molar-refractivity contribution in [3.8, 4) is 0 Å². The maximum absolute atomic E-state index is 12.2. The summed E-state index contributed by atoms with van der Waals surface area (Å²) in [5, 5.41) is 18.9. The van der Waals surface area contributed by atoms with Gasteiger partial charge < -0.3 is 14.9 Å². The van der Waals surface area contributed by atoms with Gasteiger partial charge in [-0.3, -0.25) is 9.59 Å². The fourth-order valence-corrected chi connectivity index (χ4v) is 5.48. The number of sulfone groups is 1. The molecule has 0 bridgehead atoms. The third-order valence-corrected chi connectivity index (χ3v) is 7.53. The van der Waals surface area contributed by atoms with Crippen molar-refractivity contribution >= 4 is 21.8 Å². The van der Waals surface area contributed by atoms with E-state index in [1.165, 1.54) is 0 Å². The molecule has 8 heteroatoms. The van der Waals surface area contributed by atoms with E-state index in [9.17, 15) is 23.1 Å². The Balaban J connectivity index is 2.87. The van der Waals surface area contributed by atoms with Gasteiger partial charge in [0.1, 0.15) is 0 Å². The summed E-state index contributed by atoms with van der Waals surface area (Å²) < 4.78 is 29.0. The lowest BCUT2D eigenvalue weighted by molar-refractivity contribution is -0.144. The van der Waals surface area contributed by atoms with E-state index in [0.717, 1.165) is 5.56 Å². The Morgan fingerprint density at radius 3 is 2.39 bits per heavy atom. The Morgan fingerprint density at radius 2 is 1.81 bits per heavy atom. The van der Waals surface area contributed by atoms with Crippen LogP contribution in [0.15, 0.2) is 24.3 Å². The molecule has 31 heavy (non-hydrogen) atoms. The fraction of sp³-hybridized carbons (Fsp3) is 0.652. The number of rotatable bonds is 14. The molecule has 0 aliphatic rings. The van der Waals surface area contributed by atoms with Gasteiger partial charge in [-0.05, 0) is 49.7 Å². The van der Waals surface area contributed by atoms with Gasteiger partial charge in [-0.25, -0.2) is 8.42 Å². The number of carboxylic acids is 1. The van der Waals surface area contributed by atoms with Gasteiger partial charge in [-0.2, -0.15) is 0 Å². The maximum atomic E-state index is 12.2. The average Bonchev–Trinajstić information content (AvgIpc) is 2.65. The number of carbonyl (C=O) groups excluding carboxylic acids is 1. The van der Waals surface area contributed by atoms with Crippen LogP contribution in [0.5, 0.6) is 0 Å². The third kappa shape index (κ3) is 8.99. The molecule has 1 unspecified atom stereocenters. The molecular weight excluding hydrogens is 420 g/mol. The smallest absolute Gasteiger partial charge is 0.313 e. The minimum Gasteiger partial charge on any atom is -0.481 e. The SMILES string of the molecule is CCOC(=O)CCc1cccc(C(C)(CCCC(C)(C)CS(=O)(=O)CCO)C(=O)O)c1. The predicted molar refractivity (Wildman–Crippen MR) is 120 cm³/mol. The molecule has 0 spiro atoms. The number of benzene rings is 1. The molecule has 1 atom stereocenters. The van der Waals surface area contributed by atoms with Crippen molar-refractivity contribution < 1.29 is 33.0 Å². The zero-order chi connectivity index (χ0) is 23.7. The first-order valence-corrected chi connectivity index (χ1v) is 12.5.